The Bertz CT molecular complexity index is 712. The number of carbonyl (C=O) groups is 1. The minimum atomic E-state index is -0.551. The van der Waals surface area contributed by atoms with Crippen molar-refractivity contribution in [3.8, 4) is 0 Å². The zero-order valence-electron chi connectivity index (χ0n) is 12.5. The molecule has 2 aromatic rings. The summed E-state index contributed by atoms with van der Waals surface area (Å²) < 4.78 is 3.01. The van der Waals surface area contributed by atoms with Crippen LogP contribution in [0.25, 0.3) is 10.9 Å². The van der Waals surface area contributed by atoms with E-state index in [1.165, 1.54) is 4.57 Å². The molecule has 1 unspecified atom stereocenters. The molecule has 6 nitrogen and oxygen atoms in total. The van der Waals surface area contributed by atoms with E-state index in [9.17, 15) is 9.59 Å². The lowest BCUT2D eigenvalue weighted by Gasteiger charge is -2.17. The maximum atomic E-state index is 12.5. The molecule has 0 spiro atoms. The molecule has 1 N–H and O–H groups in total. The molecule has 0 aliphatic carbocycles. The summed E-state index contributed by atoms with van der Waals surface area (Å²) in [4.78, 5) is 24.6. The Morgan fingerprint density at radius 1 is 1.35 bits per heavy atom. The Kier molecular flexibility index (Phi) is 3.65. The van der Waals surface area contributed by atoms with Crippen LogP contribution in [0.5, 0.6) is 0 Å². The van der Waals surface area contributed by atoms with Gasteiger partial charge < -0.3 is 9.88 Å². The van der Waals surface area contributed by atoms with Crippen LogP contribution in [0.3, 0.4) is 0 Å². The Morgan fingerprint density at radius 2 is 2.00 bits per heavy atom. The van der Waals surface area contributed by atoms with Gasteiger partial charge in [0.25, 0.3) is 5.56 Å². The molecule has 2 aromatic heterocycles. The molecular weight excluding hydrogens is 256 g/mol. The van der Waals surface area contributed by atoms with Gasteiger partial charge in [-0.1, -0.05) is 0 Å². The third-order valence-corrected chi connectivity index (χ3v) is 3.34. The number of aryl methyl sites for hydroxylation is 2. The van der Waals surface area contributed by atoms with Crippen molar-refractivity contribution in [2.45, 2.75) is 39.8 Å². The van der Waals surface area contributed by atoms with E-state index < -0.39 is 6.04 Å². The molecule has 6 heteroatoms. The molecule has 0 aliphatic heterocycles. The lowest BCUT2D eigenvalue weighted by Crippen LogP contribution is -2.39. The van der Waals surface area contributed by atoms with E-state index in [1.807, 2.05) is 26.8 Å². The van der Waals surface area contributed by atoms with Crippen molar-refractivity contribution in [1.82, 2.24) is 19.7 Å². The summed E-state index contributed by atoms with van der Waals surface area (Å²) in [6.07, 6.45) is 1.66. The Hall–Kier alpha value is -2.11. The van der Waals surface area contributed by atoms with Gasteiger partial charge in [0.15, 0.2) is 0 Å². The monoisotopic (exact) mass is 276 g/mol. The fraction of sp³-hybridized carbons (Fsp3) is 0.500. The highest BCUT2D eigenvalue weighted by molar-refractivity contribution is 5.83. The molecule has 0 saturated heterocycles. The number of carbonyl (C=O) groups excluding carboxylic acids is 1. The summed E-state index contributed by atoms with van der Waals surface area (Å²) in [7, 11) is 1.74. The zero-order valence-corrected chi connectivity index (χ0v) is 12.5. The Labute approximate surface area is 117 Å². The van der Waals surface area contributed by atoms with Crippen molar-refractivity contribution < 1.29 is 4.79 Å². The Balaban J connectivity index is 2.51. The number of aromatic nitrogens is 3. The summed E-state index contributed by atoms with van der Waals surface area (Å²) in [6, 6.07) is 1.32. The summed E-state index contributed by atoms with van der Waals surface area (Å²) in [5.74, 6) is -0.166. The first-order valence-electron chi connectivity index (χ1n) is 6.67. The largest absolute Gasteiger partial charge is 0.352 e. The predicted octanol–water partition coefficient (Wildman–Crippen LogP) is 1.13. The maximum Gasteiger partial charge on any atom is 0.277 e. The topological polar surface area (TPSA) is 68.9 Å². The quantitative estimate of drug-likeness (QED) is 0.913. The minimum absolute atomic E-state index is 0.0448. The summed E-state index contributed by atoms with van der Waals surface area (Å²) in [6.45, 7) is 7.36. The van der Waals surface area contributed by atoms with Crippen molar-refractivity contribution in [2.24, 2.45) is 7.05 Å². The standard InChI is InChI=1S/C14H20N4O2/c1-8(2)15-13(19)10(4)18-7-6-11-9(3)16-17(5)12(11)14(18)20/h6-8,10H,1-5H3,(H,15,19). The second kappa shape index (κ2) is 5.11. The Morgan fingerprint density at radius 3 is 2.60 bits per heavy atom. The second-order valence-corrected chi connectivity index (χ2v) is 5.34. The van der Waals surface area contributed by atoms with Crippen LogP contribution in [0.4, 0.5) is 0 Å². The highest BCUT2D eigenvalue weighted by Crippen LogP contribution is 2.14. The van der Waals surface area contributed by atoms with Crippen LogP contribution >= 0.6 is 0 Å². The maximum absolute atomic E-state index is 12.5. The number of nitrogens with one attached hydrogen (secondary N) is 1. The normalized spacial score (nSPS) is 12.9. The fourth-order valence-corrected chi connectivity index (χ4v) is 2.31. The van der Waals surface area contributed by atoms with Crippen LogP contribution in [-0.4, -0.2) is 26.3 Å². The molecule has 0 aliphatic rings. The summed E-state index contributed by atoms with van der Waals surface area (Å²) >= 11 is 0. The molecule has 0 saturated carbocycles. The number of amides is 1. The smallest absolute Gasteiger partial charge is 0.277 e. The lowest BCUT2D eigenvalue weighted by atomic mass is 10.2. The number of nitrogens with zero attached hydrogens (tertiary/aromatic N) is 3. The van der Waals surface area contributed by atoms with Gasteiger partial charge in [0, 0.05) is 24.7 Å². The van der Waals surface area contributed by atoms with Gasteiger partial charge in [0.05, 0.1) is 5.69 Å². The van der Waals surface area contributed by atoms with E-state index >= 15 is 0 Å². The van der Waals surface area contributed by atoms with Crippen molar-refractivity contribution >= 4 is 16.8 Å². The van der Waals surface area contributed by atoms with E-state index in [2.05, 4.69) is 10.4 Å². The van der Waals surface area contributed by atoms with Gasteiger partial charge in [0.1, 0.15) is 11.6 Å². The van der Waals surface area contributed by atoms with Crippen molar-refractivity contribution in [3.05, 3.63) is 28.3 Å². The van der Waals surface area contributed by atoms with Crippen molar-refractivity contribution in [2.75, 3.05) is 0 Å². The minimum Gasteiger partial charge on any atom is -0.352 e. The first-order chi connectivity index (χ1) is 9.32. The number of pyridine rings is 1. The number of rotatable bonds is 3. The second-order valence-electron chi connectivity index (χ2n) is 5.34. The SMILES string of the molecule is Cc1nn(C)c2c(=O)n(C(C)C(=O)NC(C)C)ccc12. The van der Waals surface area contributed by atoms with Crippen LogP contribution in [-0.2, 0) is 11.8 Å². The molecule has 0 radical (unpaired) electrons. The molecule has 0 bridgehead atoms. The van der Waals surface area contributed by atoms with E-state index in [0.29, 0.717) is 5.52 Å². The molecule has 0 fully saturated rings. The molecule has 20 heavy (non-hydrogen) atoms. The molecule has 108 valence electrons. The summed E-state index contributed by atoms with van der Waals surface area (Å²) in [5.41, 5.74) is 1.14. The molecule has 2 rings (SSSR count). The van der Waals surface area contributed by atoms with Crippen LogP contribution in [0, 0.1) is 6.92 Å². The highest BCUT2D eigenvalue weighted by Gasteiger charge is 2.19. The highest BCUT2D eigenvalue weighted by atomic mass is 16.2. The van der Waals surface area contributed by atoms with Crippen LogP contribution in [0.15, 0.2) is 17.1 Å². The van der Waals surface area contributed by atoms with Gasteiger partial charge in [-0.3, -0.25) is 14.3 Å². The van der Waals surface area contributed by atoms with Gasteiger partial charge in [-0.2, -0.15) is 5.10 Å². The molecule has 2 heterocycles. The summed E-state index contributed by atoms with van der Waals surface area (Å²) in [5, 5.41) is 7.89. The van der Waals surface area contributed by atoms with Crippen LogP contribution in [0.1, 0.15) is 32.5 Å². The molecule has 0 aromatic carbocycles. The molecule has 1 amide bonds. The zero-order chi connectivity index (χ0) is 15.0. The average molecular weight is 276 g/mol. The van der Waals surface area contributed by atoms with E-state index in [0.717, 1.165) is 11.1 Å². The third kappa shape index (κ3) is 2.33. The molecular formula is C14H20N4O2. The van der Waals surface area contributed by atoms with Gasteiger partial charge in [-0.25, -0.2) is 0 Å². The van der Waals surface area contributed by atoms with Gasteiger partial charge in [0.2, 0.25) is 5.91 Å². The van der Waals surface area contributed by atoms with Crippen molar-refractivity contribution in [1.29, 1.82) is 0 Å². The van der Waals surface area contributed by atoms with E-state index in [4.69, 9.17) is 0 Å². The third-order valence-electron chi connectivity index (χ3n) is 3.34. The number of hydrogen-bond acceptors (Lipinski definition) is 3. The van der Waals surface area contributed by atoms with Crippen molar-refractivity contribution in [3.63, 3.8) is 0 Å². The number of fused-ring (bicyclic) bond motifs is 1. The lowest BCUT2D eigenvalue weighted by molar-refractivity contribution is -0.124. The van der Waals surface area contributed by atoms with E-state index in [-0.39, 0.29) is 17.5 Å². The van der Waals surface area contributed by atoms with Gasteiger partial charge in [-0.05, 0) is 33.8 Å². The van der Waals surface area contributed by atoms with E-state index in [1.54, 1.807) is 24.9 Å². The van der Waals surface area contributed by atoms with Crippen LogP contribution in [0.2, 0.25) is 0 Å². The fourth-order valence-electron chi connectivity index (χ4n) is 2.31. The number of hydrogen-bond donors (Lipinski definition) is 1. The van der Waals surface area contributed by atoms with Crippen LogP contribution < -0.4 is 10.9 Å². The first kappa shape index (κ1) is 14.3. The van der Waals surface area contributed by atoms with Gasteiger partial charge in [-0.15, -0.1) is 0 Å². The first-order valence-corrected chi connectivity index (χ1v) is 6.67. The molecule has 1 atom stereocenters. The average Bonchev–Trinajstić information content (AvgIpc) is 2.64. The van der Waals surface area contributed by atoms with Gasteiger partial charge >= 0.3 is 0 Å². The predicted molar refractivity (Wildman–Crippen MR) is 77.7 cm³/mol.